The van der Waals surface area contributed by atoms with Crippen molar-refractivity contribution in [1.29, 1.82) is 0 Å². The van der Waals surface area contributed by atoms with Crippen LogP contribution >= 0.6 is 0 Å². The van der Waals surface area contributed by atoms with Crippen LogP contribution in [0.25, 0.3) is 0 Å². The summed E-state index contributed by atoms with van der Waals surface area (Å²) in [5.74, 6) is -1.24. The zero-order valence-electron chi connectivity index (χ0n) is 17.3. The van der Waals surface area contributed by atoms with Crippen LogP contribution in [0.2, 0.25) is 0 Å². The average molecular weight is 427 g/mol. The van der Waals surface area contributed by atoms with Gasteiger partial charge in [0, 0.05) is 17.1 Å². The van der Waals surface area contributed by atoms with Crippen molar-refractivity contribution in [1.82, 2.24) is 5.32 Å². The molecule has 3 N–H and O–H groups in total. The van der Waals surface area contributed by atoms with Gasteiger partial charge in [0.15, 0.2) is 0 Å². The van der Waals surface area contributed by atoms with Gasteiger partial charge in [0.05, 0.1) is 6.61 Å². The summed E-state index contributed by atoms with van der Waals surface area (Å²) in [5, 5.41) is 20.0. The van der Waals surface area contributed by atoms with Crippen molar-refractivity contribution < 1.29 is 34.1 Å². The van der Waals surface area contributed by atoms with E-state index in [-0.39, 0.29) is 13.2 Å². The topological polar surface area (TPSA) is 122 Å². The predicted octanol–water partition coefficient (Wildman–Crippen LogP) is 3.33. The lowest BCUT2D eigenvalue weighted by Crippen LogP contribution is -2.35. The van der Waals surface area contributed by atoms with Gasteiger partial charge in [-0.15, -0.1) is 0 Å². The Morgan fingerprint density at radius 1 is 1.06 bits per heavy atom. The quantitative estimate of drug-likeness (QED) is 0.525. The SMILES string of the molecule is CC(C)(/C=C/C(=O)O)[C@@H](OC(=O)NC(=O)c1ccccc1)c1ccc(OCCO)cc1. The number of nitrogens with one attached hydrogen (secondary N) is 1. The third-order valence-corrected chi connectivity index (χ3v) is 4.35. The monoisotopic (exact) mass is 427 g/mol. The number of aliphatic hydroxyl groups excluding tert-OH is 1. The first-order valence-corrected chi connectivity index (χ1v) is 9.55. The molecule has 0 aromatic heterocycles. The van der Waals surface area contributed by atoms with E-state index in [4.69, 9.17) is 19.7 Å². The average Bonchev–Trinajstić information content (AvgIpc) is 2.75. The van der Waals surface area contributed by atoms with Gasteiger partial charge in [0.25, 0.3) is 5.91 Å². The molecule has 164 valence electrons. The van der Waals surface area contributed by atoms with Gasteiger partial charge in [-0.2, -0.15) is 0 Å². The molecule has 2 rings (SSSR count). The molecule has 0 heterocycles. The van der Waals surface area contributed by atoms with E-state index in [1.54, 1.807) is 68.4 Å². The molecule has 0 aliphatic heterocycles. The van der Waals surface area contributed by atoms with Crippen molar-refractivity contribution in [3.05, 3.63) is 77.9 Å². The van der Waals surface area contributed by atoms with Crippen molar-refractivity contribution in [2.45, 2.75) is 20.0 Å². The number of aliphatic hydroxyl groups is 1. The van der Waals surface area contributed by atoms with Crippen LogP contribution in [0.1, 0.15) is 35.9 Å². The van der Waals surface area contributed by atoms with Crippen molar-refractivity contribution in [2.75, 3.05) is 13.2 Å². The molecule has 0 bridgehead atoms. The summed E-state index contributed by atoms with van der Waals surface area (Å²) in [4.78, 5) is 35.7. The number of carboxylic acid groups (broad SMARTS) is 1. The number of imide groups is 1. The van der Waals surface area contributed by atoms with Crippen molar-refractivity contribution in [3.63, 3.8) is 0 Å². The molecule has 31 heavy (non-hydrogen) atoms. The molecule has 0 fully saturated rings. The van der Waals surface area contributed by atoms with Gasteiger partial charge in [0.1, 0.15) is 18.5 Å². The molecule has 0 aliphatic rings. The zero-order valence-corrected chi connectivity index (χ0v) is 17.3. The summed E-state index contributed by atoms with van der Waals surface area (Å²) < 4.78 is 10.9. The maximum Gasteiger partial charge on any atom is 0.414 e. The van der Waals surface area contributed by atoms with Crippen LogP contribution in [-0.2, 0) is 9.53 Å². The molecule has 2 amide bonds. The number of benzene rings is 2. The molecule has 2 aromatic carbocycles. The lowest BCUT2D eigenvalue weighted by atomic mass is 9.82. The van der Waals surface area contributed by atoms with E-state index in [1.165, 1.54) is 6.08 Å². The van der Waals surface area contributed by atoms with E-state index >= 15 is 0 Å². The van der Waals surface area contributed by atoms with Gasteiger partial charge < -0.3 is 19.7 Å². The van der Waals surface area contributed by atoms with Crippen LogP contribution in [0, 0.1) is 5.41 Å². The first-order chi connectivity index (χ1) is 14.7. The lowest BCUT2D eigenvalue weighted by molar-refractivity contribution is -0.131. The molecule has 0 saturated heterocycles. The van der Waals surface area contributed by atoms with E-state index in [9.17, 15) is 14.4 Å². The largest absolute Gasteiger partial charge is 0.491 e. The number of carbonyl (C=O) groups is 3. The molecule has 0 aliphatic carbocycles. The van der Waals surface area contributed by atoms with Gasteiger partial charge in [0.2, 0.25) is 0 Å². The van der Waals surface area contributed by atoms with Gasteiger partial charge in [-0.25, -0.2) is 9.59 Å². The van der Waals surface area contributed by atoms with E-state index in [0.717, 1.165) is 6.08 Å². The second-order valence-corrected chi connectivity index (χ2v) is 7.24. The molecule has 0 radical (unpaired) electrons. The summed E-state index contributed by atoms with van der Waals surface area (Å²) in [6.07, 6.45) is 0.528. The number of carbonyl (C=O) groups excluding carboxylic acids is 2. The number of aliphatic carboxylic acids is 1. The summed E-state index contributed by atoms with van der Waals surface area (Å²) in [6.45, 7) is 3.42. The van der Waals surface area contributed by atoms with Gasteiger partial charge in [-0.3, -0.25) is 10.1 Å². The maximum atomic E-state index is 12.5. The summed E-state index contributed by atoms with van der Waals surface area (Å²) in [7, 11) is 0. The van der Waals surface area contributed by atoms with Crippen LogP contribution in [0.4, 0.5) is 4.79 Å². The number of rotatable bonds is 9. The molecule has 8 heteroatoms. The fraction of sp³-hybridized carbons (Fsp3) is 0.261. The maximum absolute atomic E-state index is 12.5. The predicted molar refractivity (Wildman–Crippen MR) is 113 cm³/mol. The fourth-order valence-electron chi connectivity index (χ4n) is 2.82. The minimum Gasteiger partial charge on any atom is -0.491 e. The van der Waals surface area contributed by atoms with Crippen LogP contribution in [0.5, 0.6) is 5.75 Å². The Balaban J connectivity index is 2.23. The summed E-state index contributed by atoms with van der Waals surface area (Å²) in [6, 6.07) is 14.8. The Labute approximate surface area is 180 Å². The lowest BCUT2D eigenvalue weighted by Gasteiger charge is -2.31. The molecule has 2 aromatic rings. The number of carboxylic acids is 1. The van der Waals surface area contributed by atoms with E-state index in [2.05, 4.69) is 5.32 Å². The molecule has 0 unspecified atom stereocenters. The number of hydrogen-bond donors (Lipinski definition) is 3. The zero-order chi connectivity index (χ0) is 22.9. The number of alkyl carbamates (subject to hydrolysis) is 1. The highest BCUT2D eigenvalue weighted by Crippen LogP contribution is 2.38. The Bertz CT molecular complexity index is 921. The second-order valence-electron chi connectivity index (χ2n) is 7.24. The number of hydrogen-bond acceptors (Lipinski definition) is 6. The van der Waals surface area contributed by atoms with E-state index in [1.807, 2.05) is 0 Å². The van der Waals surface area contributed by atoms with Crippen molar-refractivity contribution >= 4 is 18.0 Å². The van der Waals surface area contributed by atoms with Crippen molar-refractivity contribution in [3.8, 4) is 5.75 Å². The first-order valence-electron chi connectivity index (χ1n) is 9.55. The molecule has 0 saturated carbocycles. The highest BCUT2D eigenvalue weighted by Gasteiger charge is 2.33. The first kappa shape index (κ1) is 23.6. The fourth-order valence-corrected chi connectivity index (χ4v) is 2.82. The molecular weight excluding hydrogens is 402 g/mol. The summed E-state index contributed by atoms with van der Waals surface area (Å²) in [5.41, 5.74) is -0.0518. The van der Waals surface area contributed by atoms with Gasteiger partial charge in [-0.05, 0) is 29.8 Å². The Kier molecular flexibility index (Phi) is 8.33. The van der Waals surface area contributed by atoms with Crippen LogP contribution in [0.3, 0.4) is 0 Å². The normalized spacial score (nSPS) is 12.2. The smallest absolute Gasteiger partial charge is 0.414 e. The third-order valence-electron chi connectivity index (χ3n) is 4.35. The highest BCUT2D eigenvalue weighted by atomic mass is 16.6. The van der Waals surface area contributed by atoms with E-state index < -0.39 is 29.5 Å². The number of ether oxygens (including phenoxy) is 2. The Hall–Kier alpha value is -3.65. The molecular formula is C23H25NO7. The molecule has 8 nitrogen and oxygen atoms in total. The van der Waals surface area contributed by atoms with Crippen LogP contribution < -0.4 is 10.1 Å². The molecule has 0 spiro atoms. The van der Waals surface area contributed by atoms with E-state index in [0.29, 0.717) is 16.9 Å². The minimum atomic E-state index is -1.14. The van der Waals surface area contributed by atoms with Crippen LogP contribution in [-0.4, -0.2) is 41.4 Å². The highest BCUT2D eigenvalue weighted by molar-refractivity contribution is 6.02. The Morgan fingerprint density at radius 2 is 1.71 bits per heavy atom. The number of amides is 2. The van der Waals surface area contributed by atoms with Gasteiger partial charge in [-0.1, -0.05) is 50.3 Å². The minimum absolute atomic E-state index is 0.129. The summed E-state index contributed by atoms with van der Waals surface area (Å²) >= 11 is 0. The standard InChI is InChI=1S/C23H25NO7/c1-23(2,13-12-19(26)27)20(16-8-10-18(11-9-16)30-15-14-25)31-22(29)24-21(28)17-6-4-3-5-7-17/h3-13,20,25H,14-15H2,1-2H3,(H,26,27)(H,24,28,29)/b13-12+/t20-/m0/s1. The molecule has 1 atom stereocenters. The third kappa shape index (κ3) is 7.27. The van der Waals surface area contributed by atoms with Gasteiger partial charge >= 0.3 is 12.1 Å². The Morgan fingerprint density at radius 3 is 2.29 bits per heavy atom. The second kappa shape index (κ2) is 10.9. The van der Waals surface area contributed by atoms with Crippen LogP contribution in [0.15, 0.2) is 66.7 Å². The van der Waals surface area contributed by atoms with Crippen molar-refractivity contribution in [2.24, 2.45) is 5.41 Å².